The van der Waals surface area contributed by atoms with Gasteiger partial charge in [-0.25, -0.2) is 0 Å². The van der Waals surface area contributed by atoms with Crippen molar-refractivity contribution in [1.29, 1.82) is 0 Å². The van der Waals surface area contributed by atoms with Gasteiger partial charge in [-0.1, -0.05) is 67.5 Å². The van der Waals surface area contributed by atoms with E-state index in [1.165, 1.54) is 44.1 Å². The lowest BCUT2D eigenvalue weighted by Crippen LogP contribution is -2.55. The highest BCUT2D eigenvalue weighted by Crippen LogP contribution is 2.63. The van der Waals surface area contributed by atoms with E-state index in [1.54, 1.807) is 0 Å². The number of rotatable bonds is 7. The number of hydrogen-bond donors (Lipinski definition) is 1. The summed E-state index contributed by atoms with van der Waals surface area (Å²) >= 11 is 0. The SMILES string of the molecule is C=C1CC[C@H]2[C@H](CN)[C@@H]([C@]3(C)CC[C@H](O[Si](C)(C)C(C)(C)C)C[C@@H]3CO[Si](C)(C)C(C)(C)C)CC[C@]12C. The Labute approximate surface area is 233 Å². The first-order valence-electron chi connectivity index (χ1n) is 15.4. The Morgan fingerprint density at radius 2 is 1.49 bits per heavy atom. The standard InChI is InChI=1S/C32H63NO2Si2/c1-23-14-15-27-26(21-33)28(17-19-31(23,27)8)32(9)18-16-25(35-37(12,13)30(5,6)7)20-24(32)22-34-36(10,11)29(2,3)4/h24-28H,1,14-22,33H2,2-13H3/t24-,25+,26+,27+,28+,31-,32-/m1/s1. The van der Waals surface area contributed by atoms with Crippen LogP contribution in [0.1, 0.15) is 100 Å². The van der Waals surface area contributed by atoms with E-state index in [-0.39, 0.29) is 15.5 Å². The zero-order chi connectivity index (χ0) is 28.2. The van der Waals surface area contributed by atoms with Crippen molar-refractivity contribution in [3.8, 4) is 0 Å². The third kappa shape index (κ3) is 5.92. The molecule has 0 heterocycles. The molecule has 3 saturated carbocycles. The van der Waals surface area contributed by atoms with E-state index in [4.69, 9.17) is 14.6 Å². The van der Waals surface area contributed by atoms with Crippen LogP contribution < -0.4 is 5.73 Å². The van der Waals surface area contributed by atoms with Crippen molar-refractivity contribution in [1.82, 2.24) is 0 Å². The van der Waals surface area contributed by atoms with Crippen molar-refractivity contribution in [2.45, 2.75) is 143 Å². The van der Waals surface area contributed by atoms with Gasteiger partial charge in [0.05, 0.1) is 0 Å². The fraction of sp³-hybridized carbons (Fsp3) is 0.938. The maximum absolute atomic E-state index is 7.06. The molecule has 0 aromatic heterocycles. The number of fused-ring (bicyclic) bond motifs is 1. The second-order valence-electron chi connectivity index (χ2n) is 16.8. The fourth-order valence-corrected chi connectivity index (χ4v) is 10.1. The molecule has 0 aromatic rings. The topological polar surface area (TPSA) is 44.5 Å². The number of nitrogens with two attached hydrogens (primary N) is 1. The summed E-state index contributed by atoms with van der Waals surface area (Å²) in [5, 5.41) is 0.468. The van der Waals surface area contributed by atoms with Crippen molar-refractivity contribution >= 4 is 16.6 Å². The number of allylic oxidation sites excluding steroid dienone is 1. The Morgan fingerprint density at radius 3 is 2.03 bits per heavy atom. The molecule has 0 amide bonds. The van der Waals surface area contributed by atoms with Crippen LogP contribution in [-0.4, -0.2) is 35.9 Å². The normalized spacial score (nSPS) is 38.1. The van der Waals surface area contributed by atoms with Gasteiger partial charge in [0.1, 0.15) is 0 Å². The Morgan fingerprint density at radius 1 is 0.892 bits per heavy atom. The molecule has 0 unspecified atom stereocenters. The highest BCUT2D eigenvalue weighted by molar-refractivity contribution is 6.74. The second kappa shape index (κ2) is 10.5. The molecule has 0 radical (unpaired) electrons. The summed E-state index contributed by atoms with van der Waals surface area (Å²) in [7, 11) is -3.65. The zero-order valence-electron chi connectivity index (χ0n) is 26.9. The van der Waals surface area contributed by atoms with Crippen LogP contribution >= 0.6 is 0 Å². The molecular weight excluding hydrogens is 487 g/mol. The molecule has 0 aliphatic heterocycles. The molecule has 3 aliphatic carbocycles. The van der Waals surface area contributed by atoms with Gasteiger partial charge in [0.25, 0.3) is 0 Å². The summed E-state index contributed by atoms with van der Waals surface area (Å²) in [6.07, 6.45) is 8.97. The van der Waals surface area contributed by atoms with Crippen molar-refractivity contribution in [3.63, 3.8) is 0 Å². The van der Waals surface area contributed by atoms with E-state index in [1.807, 2.05) is 0 Å². The molecule has 3 nitrogen and oxygen atoms in total. The molecule has 3 rings (SSSR count). The van der Waals surface area contributed by atoms with Crippen LogP contribution in [0.2, 0.25) is 36.3 Å². The lowest BCUT2D eigenvalue weighted by molar-refractivity contribution is -0.0880. The molecular formula is C32H63NO2Si2. The molecule has 0 bridgehead atoms. The van der Waals surface area contributed by atoms with Crippen LogP contribution in [0, 0.1) is 34.5 Å². The van der Waals surface area contributed by atoms with Gasteiger partial charge in [0.2, 0.25) is 0 Å². The Hall–Kier alpha value is 0.0538. The molecule has 0 aromatic carbocycles. The molecule has 7 atom stereocenters. The van der Waals surface area contributed by atoms with E-state index in [9.17, 15) is 0 Å². The van der Waals surface area contributed by atoms with Gasteiger partial charge >= 0.3 is 0 Å². The van der Waals surface area contributed by atoms with Gasteiger partial charge in [-0.2, -0.15) is 0 Å². The van der Waals surface area contributed by atoms with Gasteiger partial charge in [0, 0.05) is 12.7 Å². The lowest BCUT2D eigenvalue weighted by atomic mass is 9.49. The second-order valence-corrected chi connectivity index (χ2v) is 26.3. The van der Waals surface area contributed by atoms with Crippen LogP contribution in [0.4, 0.5) is 0 Å². The Bertz CT molecular complexity index is 826. The summed E-state index contributed by atoms with van der Waals surface area (Å²) in [5.74, 6) is 2.49. The molecule has 216 valence electrons. The van der Waals surface area contributed by atoms with Crippen LogP contribution in [0.25, 0.3) is 0 Å². The third-order valence-electron chi connectivity index (χ3n) is 12.7. The molecule has 3 aliphatic rings. The predicted octanol–water partition coefficient (Wildman–Crippen LogP) is 9.16. The zero-order valence-corrected chi connectivity index (χ0v) is 28.9. The van der Waals surface area contributed by atoms with Crippen LogP contribution in [-0.2, 0) is 8.85 Å². The highest BCUT2D eigenvalue weighted by atomic mass is 28.4. The van der Waals surface area contributed by atoms with E-state index < -0.39 is 16.6 Å². The van der Waals surface area contributed by atoms with Crippen LogP contribution in [0.15, 0.2) is 12.2 Å². The minimum atomic E-state index is -1.84. The van der Waals surface area contributed by atoms with Crippen LogP contribution in [0.5, 0.6) is 0 Å². The molecule has 0 spiro atoms. The Kier molecular flexibility index (Phi) is 8.93. The molecule has 37 heavy (non-hydrogen) atoms. The van der Waals surface area contributed by atoms with Crippen molar-refractivity contribution < 1.29 is 8.85 Å². The summed E-state index contributed by atoms with van der Waals surface area (Å²) in [6.45, 7) is 35.2. The van der Waals surface area contributed by atoms with E-state index in [0.717, 1.165) is 19.6 Å². The minimum Gasteiger partial charge on any atom is -0.417 e. The number of hydrogen-bond acceptors (Lipinski definition) is 3. The predicted molar refractivity (Wildman–Crippen MR) is 166 cm³/mol. The van der Waals surface area contributed by atoms with Crippen molar-refractivity contribution in [2.75, 3.05) is 13.2 Å². The van der Waals surface area contributed by atoms with Crippen molar-refractivity contribution in [2.24, 2.45) is 40.2 Å². The smallest absolute Gasteiger partial charge is 0.192 e. The average Bonchev–Trinajstić information content (AvgIpc) is 3.06. The quantitative estimate of drug-likeness (QED) is 0.254. The molecule has 0 saturated heterocycles. The molecule has 2 N–H and O–H groups in total. The van der Waals surface area contributed by atoms with Crippen molar-refractivity contribution in [3.05, 3.63) is 12.2 Å². The van der Waals surface area contributed by atoms with Gasteiger partial charge in [-0.05, 0) is 122 Å². The van der Waals surface area contributed by atoms with E-state index in [2.05, 4.69) is 88.2 Å². The fourth-order valence-electron chi connectivity index (χ4n) is 7.69. The molecule has 3 fully saturated rings. The monoisotopic (exact) mass is 549 g/mol. The third-order valence-corrected chi connectivity index (χ3v) is 21.8. The van der Waals surface area contributed by atoms with Gasteiger partial charge in [0.15, 0.2) is 16.6 Å². The van der Waals surface area contributed by atoms with E-state index >= 15 is 0 Å². The first-order chi connectivity index (χ1) is 16.7. The largest absolute Gasteiger partial charge is 0.417 e. The van der Waals surface area contributed by atoms with E-state index in [0.29, 0.717) is 35.2 Å². The Balaban J connectivity index is 1.90. The summed E-state index contributed by atoms with van der Waals surface area (Å²) in [5.41, 5.74) is 8.69. The van der Waals surface area contributed by atoms with Gasteiger partial charge < -0.3 is 14.6 Å². The minimum absolute atomic E-state index is 0.228. The summed E-state index contributed by atoms with van der Waals surface area (Å²) < 4.78 is 14.1. The summed E-state index contributed by atoms with van der Waals surface area (Å²) in [6, 6.07) is 0. The maximum Gasteiger partial charge on any atom is 0.192 e. The maximum atomic E-state index is 7.06. The van der Waals surface area contributed by atoms with Gasteiger partial charge in [-0.3, -0.25) is 0 Å². The lowest BCUT2D eigenvalue weighted by Gasteiger charge is -2.57. The van der Waals surface area contributed by atoms with Crippen LogP contribution in [0.3, 0.4) is 0 Å². The highest BCUT2D eigenvalue weighted by Gasteiger charge is 2.57. The molecule has 5 heteroatoms. The summed E-state index contributed by atoms with van der Waals surface area (Å²) in [4.78, 5) is 0. The average molecular weight is 550 g/mol. The first-order valence-corrected chi connectivity index (χ1v) is 21.2. The first kappa shape index (κ1) is 31.6. The van der Waals surface area contributed by atoms with Gasteiger partial charge in [-0.15, -0.1) is 0 Å².